The third kappa shape index (κ3) is 4.10. The third-order valence-corrected chi connectivity index (χ3v) is 2.04. The Labute approximate surface area is 106 Å². The molecule has 0 aliphatic heterocycles. The quantitative estimate of drug-likeness (QED) is 0.595. The molecule has 0 bridgehead atoms. The molecule has 0 aliphatic rings. The molecule has 1 rings (SSSR count). The highest BCUT2D eigenvalue weighted by Crippen LogP contribution is 2.32. The van der Waals surface area contributed by atoms with Gasteiger partial charge in [-0.15, -0.1) is 0 Å². The van der Waals surface area contributed by atoms with E-state index < -0.39 is 5.97 Å². The summed E-state index contributed by atoms with van der Waals surface area (Å²) in [5.41, 5.74) is 0.625. The Bertz CT molecular complexity index is 425. The van der Waals surface area contributed by atoms with Crippen molar-refractivity contribution in [2.24, 2.45) is 0 Å². The smallest absolute Gasteiger partial charge is 0.328 e. The van der Waals surface area contributed by atoms with Crippen LogP contribution in [0, 0.1) is 0 Å². The minimum atomic E-state index is -1.02. The number of ether oxygens (including phenoxy) is 3. The maximum Gasteiger partial charge on any atom is 0.328 e. The lowest BCUT2D eigenvalue weighted by Crippen LogP contribution is -2.03. The fourth-order valence-electron chi connectivity index (χ4n) is 1.37. The van der Waals surface area contributed by atoms with E-state index in [-0.39, 0.29) is 6.79 Å². The lowest BCUT2D eigenvalue weighted by molar-refractivity contribution is -0.131. The van der Waals surface area contributed by atoms with Crippen LogP contribution in [0.5, 0.6) is 11.5 Å². The van der Waals surface area contributed by atoms with E-state index >= 15 is 0 Å². The van der Waals surface area contributed by atoms with Crippen LogP contribution in [0.15, 0.2) is 24.3 Å². The number of benzene rings is 1. The molecular weight excluding hydrogens is 236 g/mol. The molecule has 0 aromatic heterocycles. The molecular formula is C13H16O5. The van der Waals surface area contributed by atoms with Crippen LogP contribution in [-0.4, -0.2) is 31.6 Å². The van der Waals surface area contributed by atoms with Crippen molar-refractivity contribution in [3.8, 4) is 11.5 Å². The molecule has 5 heteroatoms. The van der Waals surface area contributed by atoms with Crippen molar-refractivity contribution < 1.29 is 24.1 Å². The summed E-state index contributed by atoms with van der Waals surface area (Å²) < 4.78 is 15.7. The molecule has 98 valence electrons. The number of hydrogen-bond donors (Lipinski definition) is 1. The van der Waals surface area contributed by atoms with E-state index in [9.17, 15) is 4.79 Å². The van der Waals surface area contributed by atoms with Crippen LogP contribution < -0.4 is 9.47 Å². The highest BCUT2D eigenvalue weighted by atomic mass is 16.7. The second kappa shape index (κ2) is 7.34. The first-order chi connectivity index (χ1) is 8.69. The van der Waals surface area contributed by atoms with Gasteiger partial charge in [-0.2, -0.15) is 0 Å². The Morgan fingerprint density at radius 3 is 2.78 bits per heavy atom. The van der Waals surface area contributed by atoms with Gasteiger partial charge in [-0.1, -0.05) is 12.1 Å². The van der Waals surface area contributed by atoms with Gasteiger partial charge in [0.15, 0.2) is 18.3 Å². The Morgan fingerprint density at radius 1 is 1.39 bits per heavy atom. The Hall–Kier alpha value is -2.01. The topological polar surface area (TPSA) is 65.0 Å². The van der Waals surface area contributed by atoms with Gasteiger partial charge in [0, 0.05) is 18.7 Å². The van der Waals surface area contributed by atoms with Crippen LogP contribution in [0.25, 0.3) is 6.08 Å². The number of rotatable bonds is 7. The Balaban J connectivity index is 3.05. The summed E-state index contributed by atoms with van der Waals surface area (Å²) in [5, 5.41) is 8.63. The number of para-hydroxylation sites is 1. The summed E-state index contributed by atoms with van der Waals surface area (Å²) >= 11 is 0. The van der Waals surface area contributed by atoms with Gasteiger partial charge in [-0.25, -0.2) is 4.79 Å². The molecule has 0 spiro atoms. The molecule has 0 saturated carbocycles. The fourth-order valence-corrected chi connectivity index (χ4v) is 1.37. The van der Waals surface area contributed by atoms with Crippen molar-refractivity contribution in [1.29, 1.82) is 0 Å². The van der Waals surface area contributed by atoms with Crippen molar-refractivity contribution in [3.05, 3.63) is 29.8 Å². The maximum atomic E-state index is 10.5. The summed E-state index contributed by atoms with van der Waals surface area (Å²) in [7, 11) is 1.51. The number of methoxy groups -OCH3 is 1. The van der Waals surface area contributed by atoms with E-state index in [0.717, 1.165) is 6.08 Å². The summed E-state index contributed by atoms with van der Waals surface area (Å²) in [6.07, 6.45) is 2.50. The SMILES string of the molecule is CCOc1cccc(C=CC(=O)O)c1OCOC. The molecule has 5 nitrogen and oxygen atoms in total. The molecule has 0 heterocycles. The lowest BCUT2D eigenvalue weighted by atomic mass is 10.1. The van der Waals surface area contributed by atoms with Crippen LogP contribution >= 0.6 is 0 Å². The number of carboxylic acid groups (broad SMARTS) is 1. The average Bonchev–Trinajstić information content (AvgIpc) is 2.35. The van der Waals surface area contributed by atoms with Crippen molar-refractivity contribution in [1.82, 2.24) is 0 Å². The first-order valence-corrected chi connectivity index (χ1v) is 5.47. The van der Waals surface area contributed by atoms with Gasteiger partial charge in [0.1, 0.15) is 0 Å². The number of carbonyl (C=O) groups is 1. The average molecular weight is 252 g/mol. The first-order valence-electron chi connectivity index (χ1n) is 5.47. The molecule has 0 atom stereocenters. The second-order valence-electron chi connectivity index (χ2n) is 3.33. The number of carboxylic acids is 1. The lowest BCUT2D eigenvalue weighted by Gasteiger charge is -2.13. The molecule has 1 aromatic rings. The summed E-state index contributed by atoms with van der Waals surface area (Å²) in [4.78, 5) is 10.5. The monoisotopic (exact) mass is 252 g/mol. The fraction of sp³-hybridized carbons (Fsp3) is 0.308. The maximum absolute atomic E-state index is 10.5. The Kier molecular flexibility index (Phi) is 5.73. The van der Waals surface area contributed by atoms with Crippen molar-refractivity contribution in [3.63, 3.8) is 0 Å². The molecule has 18 heavy (non-hydrogen) atoms. The standard InChI is InChI=1S/C13H16O5/c1-3-17-11-6-4-5-10(7-8-12(14)15)13(11)18-9-16-2/h4-8H,3,9H2,1-2H3,(H,14,15). The zero-order valence-electron chi connectivity index (χ0n) is 10.4. The van der Waals surface area contributed by atoms with Crippen molar-refractivity contribution in [2.45, 2.75) is 6.92 Å². The largest absolute Gasteiger partial charge is 0.490 e. The van der Waals surface area contributed by atoms with Gasteiger partial charge in [-0.3, -0.25) is 0 Å². The van der Waals surface area contributed by atoms with Crippen LogP contribution in [0.4, 0.5) is 0 Å². The summed E-state index contributed by atoms with van der Waals surface area (Å²) in [5.74, 6) is 0.00953. The van der Waals surface area contributed by atoms with Crippen molar-refractivity contribution >= 4 is 12.0 Å². The molecule has 0 unspecified atom stereocenters. The van der Waals surface area contributed by atoms with Gasteiger partial charge in [0.25, 0.3) is 0 Å². The zero-order valence-corrected chi connectivity index (χ0v) is 10.4. The normalized spacial score (nSPS) is 10.6. The Morgan fingerprint density at radius 2 is 2.17 bits per heavy atom. The summed E-state index contributed by atoms with van der Waals surface area (Å²) in [6, 6.07) is 5.27. The van der Waals surface area contributed by atoms with Gasteiger partial charge >= 0.3 is 5.97 Å². The second-order valence-corrected chi connectivity index (χ2v) is 3.33. The van der Waals surface area contributed by atoms with E-state index in [0.29, 0.717) is 23.7 Å². The number of aliphatic carboxylic acids is 1. The number of hydrogen-bond acceptors (Lipinski definition) is 4. The highest BCUT2D eigenvalue weighted by Gasteiger charge is 2.09. The van der Waals surface area contributed by atoms with Gasteiger partial charge in [-0.05, 0) is 19.1 Å². The minimum Gasteiger partial charge on any atom is -0.490 e. The van der Waals surface area contributed by atoms with Gasteiger partial charge in [0.05, 0.1) is 6.61 Å². The van der Waals surface area contributed by atoms with Gasteiger partial charge in [0.2, 0.25) is 0 Å². The molecule has 0 fully saturated rings. The van der Waals surface area contributed by atoms with Crippen LogP contribution in [-0.2, 0) is 9.53 Å². The molecule has 0 amide bonds. The van der Waals surface area contributed by atoms with Crippen molar-refractivity contribution in [2.75, 3.05) is 20.5 Å². The van der Waals surface area contributed by atoms with E-state index in [2.05, 4.69) is 0 Å². The van der Waals surface area contributed by atoms with Gasteiger partial charge < -0.3 is 19.3 Å². The third-order valence-electron chi connectivity index (χ3n) is 2.04. The zero-order chi connectivity index (χ0) is 13.4. The molecule has 0 aliphatic carbocycles. The molecule has 1 N–H and O–H groups in total. The summed E-state index contributed by atoms with van der Waals surface area (Å²) in [6.45, 7) is 2.42. The molecule has 0 radical (unpaired) electrons. The minimum absolute atomic E-state index is 0.0675. The highest BCUT2D eigenvalue weighted by molar-refractivity contribution is 5.86. The van der Waals surface area contributed by atoms with Crippen LogP contribution in [0.1, 0.15) is 12.5 Å². The van der Waals surface area contributed by atoms with Crippen LogP contribution in [0.2, 0.25) is 0 Å². The van der Waals surface area contributed by atoms with E-state index in [1.807, 2.05) is 6.92 Å². The van der Waals surface area contributed by atoms with E-state index in [1.165, 1.54) is 13.2 Å². The first kappa shape index (κ1) is 14.1. The predicted molar refractivity (Wildman–Crippen MR) is 66.8 cm³/mol. The van der Waals surface area contributed by atoms with Crippen LogP contribution in [0.3, 0.4) is 0 Å². The van der Waals surface area contributed by atoms with E-state index in [4.69, 9.17) is 19.3 Å². The van der Waals surface area contributed by atoms with E-state index in [1.54, 1.807) is 18.2 Å². The molecule has 0 saturated heterocycles. The predicted octanol–water partition coefficient (Wildman–Crippen LogP) is 2.17. The molecule has 1 aromatic carbocycles.